The molecule has 1 aliphatic rings. The average Bonchev–Trinajstić information content (AvgIpc) is 3.01. The van der Waals surface area contributed by atoms with Gasteiger partial charge in [0.1, 0.15) is 5.82 Å². The number of aliphatic carboxylic acids is 1. The van der Waals surface area contributed by atoms with Crippen molar-refractivity contribution in [1.29, 1.82) is 0 Å². The summed E-state index contributed by atoms with van der Waals surface area (Å²) in [5.41, 5.74) is 2.79. The number of aromatic nitrogens is 1. The van der Waals surface area contributed by atoms with Crippen molar-refractivity contribution >= 4 is 26.9 Å². The van der Waals surface area contributed by atoms with Gasteiger partial charge in [-0.05, 0) is 55.2 Å². The Labute approximate surface area is 168 Å². The van der Waals surface area contributed by atoms with Crippen LogP contribution in [0.15, 0.2) is 53.4 Å². The zero-order chi connectivity index (χ0) is 20.6. The number of hydrogen-bond donors (Lipinski definition) is 2. The summed E-state index contributed by atoms with van der Waals surface area (Å²) in [6, 6.07) is 12.0. The minimum atomic E-state index is -3.85. The third-order valence-electron chi connectivity index (χ3n) is 5.34. The highest BCUT2D eigenvalue weighted by molar-refractivity contribution is 7.89. The smallest absolute Gasteiger partial charge is 0.305 e. The second-order valence-electron chi connectivity index (χ2n) is 7.20. The van der Waals surface area contributed by atoms with Crippen LogP contribution in [0.3, 0.4) is 0 Å². The van der Waals surface area contributed by atoms with E-state index in [-0.39, 0.29) is 17.9 Å². The van der Waals surface area contributed by atoms with Gasteiger partial charge < -0.3 is 9.67 Å². The van der Waals surface area contributed by atoms with Crippen molar-refractivity contribution < 1.29 is 22.7 Å². The van der Waals surface area contributed by atoms with Crippen molar-refractivity contribution in [2.75, 3.05) is 0 Å². The molecule has 0 saturated heterocycles. The normalized spacial score (nSPS) is 16.7. The lowest BCUT2D eigenvalue weighted by molar-refractivity contribution is -0.137. The molecule has 4 rings (SSSR count). The Morgan fingerprint density at radius 3 is 2.62 bits per heavy atom. The highest BCUT2D eigenvalue weighted by atomic mass is 32.2. The van der Waals surface area contributed by atoms with E-state index in [0.29, 0.717) is 6.42 Å². The second kappa shape index (κ2) is 7.61. The lowest BCUT2D eigenvalue weighted by atomic mass is 9.92. The fourth-order valence-electron chi connectivity index (χ4n) is 4.11. The number of sulfonamides is 1. The number of para-hydroxylation sites is 1. The Bertz CT molecular complexity index is 1170. The molecule has 0 spiro atoms. The Morgan fingerprint density at radius 2 is 1.90 bits per heavy atom. The van der Waals surface area contributed by atoms with Crippen molar-refractivity contribution in [2.24, 2.45) is 0 Å². The van der Waals surface area contributed by atoms with Gasteiger partial charge in [0.2, 0.25) is 10.0 Å². The Hall–Kier alpha value is -2.71. The number of carboxylic acids is 1. The van der Waals surface area contributed by atoms with Crippen LogP contribution in [-0.2, 0) is 27.8 Å². The minimum absolute atomic E-state index is 0.000722. The van der Waals surface area contributed by atoms with Crippen LogP contribution in [0.5, 0.6) is 0 Å². The standard InChI is InChI=1S/C21H21FN2O4S/c22-14-8-10-15(11-9-14)29(27,28)23-18-6-3-5-17-16-4-1-2-7-19(16)24(21(17)18)13-12-20(25)26/h1-2,4,7-11,18,23H,3,5-6,12-13H2,(H,25,26). The first-order chi connectivity index (χ1) is 13.9. The van der Waals surface area contributed by atoms with Crippen LogP contribution >= 0.6 is 0 Å². The van der Waals surface area contributed by atoms with Gasteiger partial charge in [-0.25, -0.2) is 17.5 Å². The van der Waals surface area contributed by atoms with Gasteiger partial charge in [-0.3, -0.25) is 4.79 Å². The second-order valence-corrected chi connectivity index (χ2v) is 8.91. The van der Waals surface area contributed by atoms with Gasteiger partial charge in [0.05, 0.1) is 17.4 Å². The van der Waals surface area contributed by atoms with Gasteiger partial charge in [0.15, 0.2) is 0 Å². The number of hydrogen-bond acceptors (Lipinski definition) is 3. The molecule has 2 N–H and O–H groups in total. The van der Waals surface area contributed by atoms with Crippen LogP contribution < -0.4 is 4.72 Å². The predicted molar refractivity (Wildman–Crippen MR) is 107 cm³/mol. The molecule has 2 aromatic carbocycles. The number of carboxylic acid groups (broad SMARTS) is 1. The molecular weight excluding hydrogens is 395 g/mol. The highest BCUT2D eigenvalue weighted by Gasteiger charge is 2.31. The van der Waals surface area contributed by atoms with Gasteiger partial charge in [-0.15, -0.1) is 0 Å². The lowest BCUT2D eigenvalue weighted by Gasteiger charge is -2.26. The van der Waals surface area contributed by atoms with E-state index in [9.17, 15) is 17.6 Å². The molecule has 152 valence electrons. The third-order valence-corrected chi connectivity index (χ3v) is 6.83. The van der Waals surface area contributed by atoms with Crippen molar-refractivity contribution in [3.8, 4) is 0 Å². The minimum Gasteiger partial charge on any atom is -0.481 e. The summed E-state index contributed by atoms with van der Waals surface area (Å²) in [5.74, 6) is -1.41. The first-order valence-corrected chi connectivity index (χ1v) is 10.9. The van der Waals surface area contributed by atoms with E-state index >= 15 is 0 Å². The molecular formula is C21H21FN2O4S. The molecule has 1 unspecified atom stereocenters. The van der Waals surface area contributed by atoms with Gasteiger partial charge in [0.25, 0.3) is 0 Å². The van der Waals surface area contributed by atoms with Crippen molar-refractivity contribution in [2.45, 2.75) is 43.2 Å². The fraction of sp³-hybridized carbons (Fsp3) is 0.286. The maximum absolute atomic E-state index is 13.2. The molecule has 0 amide bonds. The SMILES string of the molecule is O=C(O)CCn1c2c(c3ccccc31)CCCC2NS(=O)(=O)c1ccc(F)cc1. The fourth-order valence-corrected chi connectivity index (χ4v) is 5.34. The zero-order valence-corrected chi connectivity index (χ0v) is 16.5. The summed E-state index contributed by atoms with van der Waals surface area (Å²) >= 11 is 0. The summed E-state index contributed by atoms with van der Waals surface area (Å²) in [6.07, 6.45) is 2.18. The summed E-state index contributed by atoms with van der Waals surface area (Å²) in [5, 5.41) is 10.2. The molecule has 1 aliphatic carbocycles. The average molecular weight is 416 g/mol. The predicted octanol–water partition coefficient (Wildman–Crippen LogP) is 3.61. The van der Waals surface area contributed by atoms with Gasteiger partial charge in [0, 0.05) is 23.1 Å². The third kappa shape index (κ3) is 3.77. The molecule has 0 bridgehead atoms. The van der Waals surface area contributed by atoms with Crippen molar-refractivity contribution in [1.82, 2.24) is 9.29 Å². The molecule has 29 heavy (non-hydrogen) atoms. The van der Waals surface area contributed by atoms with Crippen LogP contribution in [-0.4, -0.2) is 24.1 Å². The first kappa shape index (κ1) is 19.6. The zero-order valence-electron chi connectivity index (χ0n) is 15.6. The van der Waals surface area contributed by atoms with Crippen molar-refractivity contribution in [3.63, 3.8) is 0 Å². The summed E-state index contributed by atoms with van der Waals surface area (Å²) in [7, 11) is -3.85. The Kier molecular flexibility index (Phi) is 5.14. The number of carbonyl (C=O) groups is 1. The monoisotopic (exact) mass is 416 g/mol. The number of nitrogens with one attached hydrogen (secondary N) is 1. The van der Waals surface area contributed by atoms with Crippen LogP contribution in [0.25, 0.3) is 10.9 Å². The van der Waals surface area contributed by atoms with E-state index in [1.54, 1.807) is 0 Å². The molecule has 0 radical (unpaired) electrons. The van der Waals surface area contributed by atoms with E-state index in [4.69, 9.17) is 5.11 Å². The first-order valence-electron chi connectivity index (χ1n) is 9.46. The number of benzene rings is 2. The van der Waals surface area contributed by atoms with E-state index < -0.39 is 27.9 Å². The van der Waals surface area contributed by atoms with Crippen LogP contribution in [0.1, 0.15) is 36.6 Å². The van der Waals surface area contributed by atoms with Crippen LogP contribution in [0, 0.1) is 5.82 Å². The van der Waals surface area contributed by atoms with Gasteiger partial charge in [-0.2, -0.15) is 0 Å². The molecule has 0 saturated carbocycles. The summed E-state index contributed by atoms with van der Waals surface area (Å²) in [4.78, 5) is 11.2. The van der Waals surface area contributed by atoms with Gasteiger partial charge in [-0.1, -0.05) is 18.2 Å². The largest absolute Gasteiger partial charge is 0.481 e. The van der Waals surface area contributed by atoms with E-state index in [1.807, 2.05) is 28.8 Å². The quantitative estimate of drug-likeness (QED) is 0.643. The molecule has 0 fully saturated rings. The molecule has 3 aromatic rings. The number of fused-ring (bicyclic) bond motifs is 3. The lowest BCUT2D eigenvalue weighted by Crippen LogP contribution is -2.32. The van der Waals surface area contributed by atoms with E-state index in [0.717, 1.165) is 47.1 Å². The van der Waals surface area contributed by atoms with Crippen molar-refractivity contribution in [3.05, 3.63) is 65.6 Å². The van der Waals surface area contributed by atoms with Crippen LogP contribution in [0.4, 0.5) is 4.39 Å². The molecule has 6 nitrogen and oxygen atoms in total. The highest BCUT2D eigenvalue weighted by Crippen LogP contribution is 2.38. The Balaban J connectivity index is 1.77. The molecule has 1 atom stereocenters. The number of aryl methyl sites for hydroxylation is 2. The van der Waals surface area contributed by atoms with Gasteiger partial charge >= 0.3 is 5.97 Å². The number of nitrogens with zero attached hydrogens (tertiary/aromatic N) is 1. The molecule has 8 heteroatoms. The van der Waals surface area contributed by atoms with E-state index in [2.05, 4.69) is 4.72 Å². The topological polar surface area (TPSA) is 88.4 Å². The molecule has 1 heterocycles. The van der Waals surface area contributed by atoms with E-state index in [1.165, 1.54) is 12.1 Å². The number of rotatable bonds is 6. The number of halogens is 1. The summed E-state index contributed by atoms with van der Waals surface area (Å²) in [6.45, 7) is 0.264. The molecule has 0 aliphatic heterocycles. The summed E-state index contributed by atoms with van der Waals surface area (Å²) < 4.78 is 43.6. The Morgan fingerprint density at radius 1 is 1.17 bits per heavy atom. The molecule has 1 aromatic heterocycles. The van der Waals surface area contributed by atoms with Crippen LogP contribution in [0.2, 0.25) is 0 Å². The maximum Gasteiger partial charge on any atom is 0.305 e. The maximum atomic E-state index is 13.2.